The third-order valence-corrected chi connectivity index (χ3v) is 7.54. The molecule has 212 valence electrons. The summed E-state index contributed by atoms with van der Waals surface area (Å²) >= 11 is 0. The van der Waals surface area contributed by atoms with E-state index in [1.807, 2.05) is 54.8 Å². The van der Waals surface area contributed by atoms with Crippen molar-refractivity contribution in [1.82, 2.24) is 14.0 Å². The van der Waals surface area contributed by atoms with Gasteiger partial charge in [0, 0.05) is 68.4 Å². The van der Waals surface area contributed by atoms with Gasteiger partial charge in [0.25, 0.3) is 17.0 Å². The Morgan fingerprint density at radius 2 is 1.10 bits per heavy atom. The van der Waals surface area contributed by atoms with Crippen molar-refractivity contribution in [2.75, 3.05) is 14.1 Å². The maximum absolute atomic E-state index is 12.1. The van der Waals surface area contributed by atoms with Gasteiger partial charge in [-0.15, -0.1) is 0 Å². The second kappa shape index (κ2) is 11.3. The van der Waals surface area contributed by atoms with Crippen molar-refractivity contribution in [3.63, 3.8) is 0 Å². The van der Waals surface area contributed by atoms with Gasteiger partial charge < -0.3 is 19.1 Å². The Bertz CT molecular complexity index is 1890. The zero-order valence-corrected chi connectivity index (χ0v) is 23.9. The Labute approximate surface area is 243 Å². The van der Waals surface area contributed by atoms with Gasteiger partial charge in [-0.2, -0.15) is 0 Å². The third kappa shape index (κ3) is 5.26. The van der Waals surface area contributed by atoms with Crippen LogP contribution in [0.3, 0.4) is 0 Å². The van der Waals surface area contributed by atoms with Crippen LogP contribution in [-0.2, 0) is 26.9 Å². The summed E-state index contributed by atoms with van der Waals surface area (Å²) < 4.78 is 3.20. The summed E-state index contributed by atoms with van der Waals surface area (Å²) in [7, 11) is 6.98. The number of carboxylic acids is 1. The number of nitrogens with zero attached hydrogens (tertiary/aromatic N) is 3. The van der Waals surface area contributed by atoms with Crippen LogP contribution in [0.15, 0.2) is 82.7 Å². The van der Waals surface area contributed by atoms with Crippen LogP contribution in [0, 0.1) is 0 Å². The molecule has 0 saturated heterocycles. The van der Waals surface area contributed by atoms with Crippen molar-refractivity contribution >= 4 is 24.0 Å². The molecule has 6 rings (SSSR count). The SMILES string of the molecule is CN(C)C(=O)c1ccc(-c2cn(C)c(=O)c3c2C=CC3)cc1.Cn1cc(-c2ccc(C(=O)O)cc2)c2c(c1=O)CC=C2. The van der Waals surface area contributed by atoms with Gasteiger partial charge >= 0.3 is 5.97 Å². The van der Waals surface area contributed by atoms with Gasteiger partial charge in [0.15, 0.2) is 0 Å². The van der Waals surface area contributed by atoms with E-state index in [4.69, 9.17) is 5.11 Å². The predicted molar refractivity (Wildman–Crippen MR) is 165 cm³/mol. The lowest BCUT2D eigenvalue weighted by Crippen LogP contribution is -2.21. The molecule has 0 spiro atoms. The van der Waals surface area contributed by atoms with E-state index in [1.54, 1.807) is 72.7 Å². The summed E-state index contributed by atoms with van der Waals surface area (Å²) in [6.07, 6.45) is 12.9. The fourth-order valence-corrected chi connectivity index (χ4v) is 5.29. The third-order valence-electron chi connectivity index (χ3n) is 7.54. The van der Waals surface area contributed by atoms with Gasteiger partial charge in [0.2, 0.25) is 0 Å². The number of fused-ring (bicyclic) bond motifs is 2. The maximum atomic E-state index is 12.1. The number of carboxylic acid groups (broad SMARTS) is 1. The molecular formula is C34H31N3O5. The largest absolute Gasteiger partial charge is 0.478 e. The number of hydrogen-bond donors (Lipinski definition) is 1. The van der Waals surface area contributed by atoms with Crippen LogP contribution in [0.2, 0.25) is 0 Å². The van der Waals surface area contributed by atoms with E-state index in [0.29, 0.717) is 18.4 Å². The van der Waals surface area contributed by atoms with Crippen LogP contribution in [0.25, 0.3) is 34.4 Å². The normalized spacial score (nSPS) is 12.4. The Balaban J connectivity index is 0.000000169. The van der Waals surface area contributed by atoms with Crippen LogP contribution in [-0.4, -0.2) is 45.1 Å². The zero-order valence-electron chi connectivity index (χ0n) is 23.9. The van der Waals surface area contributed by atoms with Crippen LogP contribution in [0.4, 0.5) is 0 Å². The standard InChI is InChI=1S/C18H18N2O2.C16H13NO3/c1-19(2)17(21)13-9-7-12(8-10-13)16-11-20(3)18(22)15-6-4-5-14(15)16;1-17-9-14(12-3-2-4-13(12)15(17)18)10-5-7-11(8-6-10)16(19)20/h4-5,7-11H,6H2,1-3H3;2-3,5-9H,4H2,1H3,(H,19,20). The number of amides is 1. The highest BCUT2D eigenvalue weighted by atomic mass is 16.4. The average molecular weight is 562 g/mol. The second-order valence-corrected chi connectivity index (χ2v) is 10.6. The highest BCUT2D eigenvalue weighted by Crippen LogP contribution is 2.30. The van der Waals surface area contributed by atoms with Crippen LogP contribution < -0.4 is 11.1 Å². The lowest BCUT2D eigenvalue weighted by atomic mass is 9.98. The molecule has 8 nitrogen and oxygen atoms in total. The van der Waals surface area contributed by atoms with Crippen LogP contribution >= 0.6 is 0 Å². The van der Waals surface area contributed by atoms with Crippen molar-refractivity contribution < 1.29 is 14.7 Å². The molecule has 2 aromatic heterocycles. The number of carbonyl (C=O) groups excluding carboxylic acids is 1. The molecule has 2 aromatic carbocycles. The number of carbonyl (C=O) groups is 2. The first-order chi connectivity index (χ1) is 20.1. The lowest BCUT2D eigenvalue weighted by Gasteiger charge is -2.13. The average Bonchev–Trinajstić information content (AvgIpc) is 3.68. The fourth-order valence-electron chi connectivity index (χ4n) is 5.29. The Morgan fingerprint density at radius 1 is 0.690 bits per heavy atom. The first-order valence-electron chi connectivity index (χ1n) is 13.5. The number of allylic oxidation sites excluding steroid dienone is 2. The van der Waals surface area contributed by atoms with E-state index in [9.17, 15) is 19.2 Å². The van der Waals surface area contributed by atoms with Crippen molar-refractivity contribution in [3.8, 4) is 22.3 Å². The molecule has 0 bridgehead atoms. The van der Waals surface area contributed by atoms with E-state index in [-0.39, 0.29) is 22.6 Å². The van der Waals surface area contributed by atoms with Gasteiger partial charge in [0.05, 0.1) is 5.56 Å². The first-order valence-corrected chi connectivity index (χ1v) is 13.5. The first kappa shape index (κ1) is 28.3. The van der Waals surface area contributed by atoms with Crippen molar-refractivity contribution in [1.29, 1.82) is 0 Å². The molecule has 2 aliphatic carbocycles. The molecule has 4 aromatic rings. The molecular weight excluding hydrogens is 530 g/mol. The molecule has 1 amide bonds. The monoisotopic (exact) mass is 561 g/mol. The minimum absolute atomic E-state index is 0.0165. The molecule has 42 heavy (non-hydrogen) atoms. The van der Waals surface area contributed by atoms with Gasteiger partial charge in [-0.1, -0.05) is 48.6 Å². The quantitative estimate of drug-likeness (QED) is 0.391. The topological polar surface area (TPSA) is 102 Å². The number of aryl methyl sites for hydroxylation is 2. The van der Waals surface area contributed by atoms with E-state index < -0.39 is 5.97 Å². The summed E-state index contributed by atoms with van der Waals surface area (Å²) in [5, 5.41) is 8.93. The molecule has 0 atom stereocenters. The highest BCUT2D eigenvalue weighted by Gasteiger charge is 2.18. The molecule has 2 aliphatic rings. The summed E-state index contributed by atoms with van der Waals surface area (Å²) in [4.78, 5) is 48.6. The predicted octanol–water partition coefficient (Wildman–Crippen LogP) is 4.64. The molecule has 8 heteroatoms. The van der Waals surface area contributed by atoms with Gasteiger partial charge in [0.1, 0.15) is 0 Å². The van der Waals surface area contributed by atoms with Crippen molar-refractivity contribution in [2.24, 2.45) is 14.1 Å². The van der Waals surface area contributed by atoms with Crippen molar-refractivity contribution in [2.45, 2.75) is 12.8 Å². The molecule has 1 N–H and O–H groups in total. The van der Waals surface area contributed by atoms with E-state index in [1.165, 1.54) is 0 Å². The molecule has 0 fully saturated rings. The Morgan fingerprint density at radius 3 is 1.48 bits per heavy atom. The molecule has 0 unspecified atom stereocenters. The molecule has 0 saturated carbocycles. The highest BCUT2D eigenvalue weighted by molar-refractivity contribution is 5.94. The smallest absolute Gasteiger partial charge is 0.335 e. The Kier molecular flexibility index (Phi) is 7.63. The van der Waals surface area contributed by atoms with Crippen molar-refractivity contribution in [3.05, 3.63) is 127 Å². The second-order valence-electron chi connectivity index (χ2n) is 10.6. The molecule has 0 radical (unpaired) electrons. The zero-order chi connectivity index (χ0) is 30.1. The van der Waals surface area contributed by atoms with E-state index in [2.05, 4.69) is 0 Å². The summed E-state index contributed by atoms with van der Waals surface area (Å²) in [5.41, 5.74) is 8.46. The number of aromatic nitrogens is 2. The maximum Gasteiger partial charge on any atom is 0.335 e. The Hall–Kier alpha value is -5.24. The van der Waals surface area contributed by atoms with E-state index >= 15 is 0 Å². The van der Waals surface area contributed by atoms with Gasteiger partial charge in [-0.25, -0.2) is 4.79 Å². The number of benzene rings is 2. The number of hydrogen-bond acceptors (Lipinski definition) is 4. The lowest BCUT2D eigenvalue weighted by molar-refractivity contribution is 0.0696. The fraction of sp³-hybridized carbons (Fsp3) is 0.176. The number of aromatic carboxylic acids is 1. The number of rotatable bonds is 4. The minimum atomic E-state index is -0.942. The van der Waals surface area contributed by atoms with Gasteiger partial charge in [-0.05, 0) is 59.4 Å². The van der Waals surface area contributed by atoms with E-state index in [0.717, 1.165) is 44.5 Å². The van der Waals surface area contributed by atoms with Crippen LogP contribution in [0.1, 0.15) is 43.0 Å². The van der Waals surface area contributed by atoms with Gasteiger partial charge in [-0.3, -0.25) is 14.4 Å². The summed E-state index contributed by atoms with van der Waals surface area (Å²) in [6.45, 7) is 0. The molecule has 2 heterocycles. The number of pyridine rings is 2. The summed E-state index contributed by atoms with van der Waals surface area (Å²) in [6, 6.07) is 14.2. The van der Waals surface area contributed by atoms with Crippen LogP contribution in [0.5, 0.6) is 0 Å². The molecule has 0 aliphatic heterocycles. The summed E-state index contributed by atoms with van der Waals surface area (Å²) in [5.74, 6) is -0.959. The minimum Gasteiger partial charge on any atom is -0.478 e.